The van der Waals surface area contributed by atoms with Crippen LogP contribution in [0.15, 0.2) is 48.5 Å². The van der Waals surface area contributed by atoms with Crippen LogP contribution in [-0.2, 0) is 24.3 Å². The predicted octanol–water partition coefficient (Wildman–Crippen LogP) is 2.56. The third kappa shape index (κ3) is 6.99. The first-order valence-electron chi connectivity index (χ1n) is 9.74. The Morgan fingerprint density at radius 1 is 0.926 bits per heavy atom. The second-order valence-electron chi connectivity index (χ2n) is 7.30. The summed E-state index contributed by atoms with van der Waals surface area (Å²) in [4.78, 5) is 25.8. The molecule has 0 unspecified atom stereocenters. The van der Waals surface area contributed by atoms with E-state index in [1.54, 1.807) is 0 Å². The van der Waals surface area contributed by atoms with Crippen molar-refractivity contribution in [1.82, 2.24) is 5.32 Å². The van der Waals surface area contributed by atoms with E-state index in [1.807, 2.05) is 42.5 Å². The van der Waals surface area contributed by atoms with Crippen LogP contribution in [0.25, 0.3) is 0 Å². The fourth-order valence-electron chi connectivity index (χ4n) is 3.08. The van der Waals surface area contributed by atoms with Gasteiger partial charge in [-0.15, -0.1) is 0 Å². The molecule has 0 bridgehead atoms. The number of ketones is 1. The maximum Gasteiger partial charge on any atom is 0.220 e. The minimum Gasteiger partial charge on any atom is -0.352 e. The maximum atomic E-state index is 12.3. The molecule has 0 spiro atoms. The van der Waals surface area contributed by atoms with Crippen LogP contribution in [0.1, 0.15) is 53.2 Å². The summed E-state index contributed by atoms with van der Waals surface area (Å²) < 4.78 is 0. The first-order valence-corrected chi connectivity index (χ1v) is 9.74. The molecule has 0 saturated heterocycles. The zero-order valence-corrected chi connectivity index (χ0v) is 16.7. The molecule has 4 nitrogen and oxygen atoms in total. The highest BCUT2D eigenvalue weighted by Gasteiger charge is 2.11. The molecule has 0 saturated carbocycles. The minimum absolute atomic E-state index is 0.0183. The minimum atomic E-state index is -0.0852. The number of aryl methyl sites for hydroxylation is 1. The highest BCUT2D eigenvalue weighted by molar-refractivity contribution is 5.97. The molecule has 0 heterocycles. The number of nitrogens with one attached hydrogen (secondary N) is 2. The Bertz CT molecular complexity index is 751. The Kier molecular flexibility index (Phi) is 8.21. The van der Waals surface area contributed by atoms with Crippen molar-refractivity contribution in [2.45, 2.75) is 45.7 Å². The lowest BCUT2D eigenvalue weighted by Crippen LogP contribution is -3.04. The molecule has 0 aliphatic heterocycles. The van der Waals surface area contributed by atoms with Crippen LogP contribution < -0.4 is 10.2 Å². The average Bonchev–Trinajstić information content (AvgIpc) is 2.66. The summed E-state index contributed by atoms with van der Waals surface area (Å²) in [6, 6.07) is 15.9. The van der Waals surface area contributed by atoms with Crippen LogP contribution >= 0.6 is 0 Å². The summed E-state index contributed by atoms with van der Waals surface area (Å²) in [6.45, 7) is 3.55. The Hall–Kier alpha value is -2.46. The van der Waals surface area contributed by atoms with Crippen molar-refractivity contribution in [2.75, 3.05) is 14.1 Å². The van der Waals surface area contributed by atoms with Crippen LogP contribution in [0, 0.1) is 0 Å². The van der Waals surface area contributed by atoms with Crippen molar-refractivity contribution in [3.8, 4) is 0 Å². The molecule has 2 rings (SSSR count). The second-order valence-corrected chi connectivity index (χ2v) is 7.30. The van der Waals surface area contributed by atoms with Gasteiger partial charge in [0.15, 0.2) is 5.78 Å². The van der Waals surface area contributed by atoms with E-state index >= 15 is 0 Å². The zero-order chi connectivity index (χ0) is 19.6. The van der Waals surface area contributed by atoms with E-state index in [0.717, 1.165) is 24.9 Å². The van der Waals surface area contributed by atoms with E-state index in [0.29, 0.717) is 12.1 Å². The molecule has 0 fully saturated rings. The van der Waals surface area contributed by atoms with Gasteiger partial charge in [0.2, 0.25) is 5.91 Å². The standard InChI is InChI=1S/C23H30N2O2/c1-4-7-18-10-12-19(13-11-18)22(26)14-15-23(27)24-16-20-8-5-6-9-21(20)17-25(2)3/h5-6,8-13H,4,7,14-17H2,1-3H3,(H,24,27)/p+1. The highest BCUT2D eigenvalue weighted by atomic mass is 16.2. The van der Waals surface area contributed by atoms with E-state index in [-0.39, 0.29) is 24.5 Å². The number of carbonyl (C=O) groups is 2. The normalized spacial score (nSPS) is 10.8. The zero-order valence-electron chi connectivity index (χ0n) is 16.7. The van der Waals surface area contributed by atoms with Gasteiger partial charge in [0.05, 0.1) is 14.1 Å². The lowest BCUT2D eigenvalue weighted by atomic mass is 10.0. The van der Waals surface area contributed by atoms with E-state index in [4.69, 9.17) is 0 Å². The van der Waals surface area contributed by atoms with Gasteiger partial charge in [0.25, 0.3) is 0 Å². The van der Waals surface area contributed by atoms with E-state index in [1.165, 1.54) is 16.0 Å². The maximum absolute atomic E-state index is 12.3. The number of carbonyl (C=O) groups excluding carboxylic acids is 2. The number of Topliss-reactive ketones (excluding diaryl/α,β-unsaturated/α-hetero) is 1. The Morgan fingerprint density at radius 3 is 2.22 bits per heavy atom. The van der Waals surface area contributed by atoms with E-state index in [9.17, 15) is 9.59 Å². The van der Waals surface area contributed by atoms with E-state index < -0.39 is 0 Å². The smallest absolute Gasteiger partial charge is 0.220 e. The van der Waals surface area contributed by atoms with Gasteiger partial charge in [-0.3, -0.25) is 9.59 Å². The predicted molar refractivity (Wildman–Crippen MR) is 109 cm³/mol. The van der Waals surface area contributed by atoms with Gasteiger partial charge in [0, 0.05) is 30.5 Å². The van der Waals surface area contributed by atoms with Crippen molar-refractivity contribution in [1.29, 1.82) is 0 Å². The Balaban J connectivity index is 1.81. The topological polar surface area (TPSA) is 50.6 Å². The van der Waals surface area contributed by atoms with Gasteiger partial charge in [-0.25, -0.2) is 0 Å². The SMILES string of the molecule is CCCc1ccc(C(=O)CCC(=O)NCc2ccccc2C[NH+](C)C)cc1. The summed E-state index contributed by atoms with van der Waals surface area (Å²) in [5.74, 6) is -0.0669. The van der Waals surface area contributed by atoms with Crippen molar-refractivity contribution >= 4 is 11.7 Å². The van der Waals surface area contributed by atoms with Crippen molar-refractivity contribution in [2.24, 2.45) is 0 Å². The number of hydrogen-bond acceptors (Lipinski definition) is 2. The molecule has 0 aliphatic carbocycles. The fraction of sp³-hybridized carbons (Fsp3) is 0.391. The van der Waals surface area contributed by atoms with E-state index in [2.05, 4.69) is 32.4 Å². The molecule has 2 N–H and O–H groups in total. The van der Waals surface area contributed by atoms with Crippen LogP contribution in [0.5, 0.6) is 0 Å². The number of hydrogen-bond donors (Lipinski definition) is 2. The van der Waals surface area contributed by atoms with Crippen molar-refractivity contribution in [3.05, 3.63) is 70.8 Å². The summed E-state index contributed by atoms with van der Waals surface area (Å²) >= 11 is 0. The van der Waals surface area contributed by atoms with Crippen LogP contribution in [-0.4, -0.2) is 25.8 Å². The first-order chi connectivity index (χ1) is 13.0. The molecule has 4 heteroatoms. The fourth-order valence-corrected chi connectivity index (χ4v) is 3.08. The lowest BCUT2D eigenvalue weighted by molar-refractivity contribution is -0.872. The largest absolute Gasteiger partial charge is 0.352 e. The summed E-state index contributed by atoms with van der Waals surface area (Å²) in [7, 11) is 4.21. The molecule has 1 amide bonds. The Morgan fingerprint density at radius 2 is 1.59 bits per heavy atom. The number of amides is 1. The molecule has 0 radical (unpaired) electrons. The third-order valence-electron chi connectivity index (χ3n) is 4.53. The van der Waals surface area contributed by atoms with Gasteiger partial charge >= 0.3 is 0 Å². The van der Waals surface area contributed by atoms with Crippen molar-refractivity contribution < 1.29 is 14.5 Å². The molecular weight excluding hydrogens is 336 g/mol. The van der Waals surface area contributed by atoms with Crippen LogP contribution in [0.4, 0.5) is 0 Å². The van der Waals surface area contributed by atoms with Gasteiger partial charge < -0.3 is 10.2 Å². The summed E-state index contributed by atoms with van der Waals surface area (Å²) in [5.41, 5.74) is 4.29. The molecule has 2 aromatic carbocycles. The highest BCUT2D eigenvalue weighted by Crippen LogP contribution is 2.11. The molecule has 0 atom stereocenters. The monoisotopic (exact) mass is 367 g/mol. The molecule has 0 aromatic heterocycles. The number of benzene rings is 2. The van der Waals surface area contributed by atoms with Crippen LogP contribution in [0.3, 0.4) is 0 Å². The molecular formula is C23H31N2O2+. The molecule has 27 heavy (non-hydrogen) atoms. The molecule has 144 valence electrons. The number of rotatable bonds is 10. The van der Waals surface area contributed by atoms with Crippen LogP contribution in [0.2, 0.25) is 0 Å². The molecule has 0 aliphatic rings. The lowest BCUT2D eigenvalue weighted by Gasteiger charge is -2.13. The number of quaternary nitrogens is 1. The average molecular weight is 368 g/mol. The van der Waals surface area contributed by atoms with Gasteiger partial charge in [-0.05, 0) is 17.5 Å². The van der Waals surface area contributed by atoms with Gasteiger partial charge in [-0.1, -0.05) is 61.9 Å². The molecule has 2 aromatic rings. The first kappa shape index (κ1) is 20.8. The second kappa shape index (κ2) is 10.6. The third-order valence-corrected chi connectivity index (χ3v) is 4.53. The van der Waals surface area contributed by atoms with Gasteiger partial charge in [0.1, 0.15) is 6.54 Å². The Labute approximate surface area is 162 Å². The van der Waals surface area contributed by atoms with Gasteiger partial charge in [-0.2, -0.15) is 0 Å². The van der Waals surface area contributed by atoms with Crippen molar-refractivity contribution in [3.63, 3.8) is 0 Å². The summed E-state index contributed by atoms with van der Waals surface area (Å²) in [5, 5.41) is 2.94. The summed E-state index contributed by atoms with van der Waals surface area (Å²) in [6.07, 6.45) is 2.57. The quantitative estimate of drug-likeness (QED) is 0.634.